The van der Waals surface area contributed by atoms with Crippen LogP contribution < -0.4 is 9.80 Å². The van der Waals surface area contributed by atoms with Crippen LogP contribution in [0.4, 0.5) is 11.4 Å². The first-order valence-corrected chi connectivity index (χ1v) is 7.55. The van der Waals surface area contributed by atoms with Crippen LogP contribution in [-0.2, 0) is 4.79 Å². The Kier molecular flexibility index (Phi) is 4.89. The highest BCUT2D eigenvalue weighted by Crippen LogP contribution is 2.34. The number of carbonyl (C=O) groups excluding carboxylic acids is 1. The molecule has 0 saturated heterocycles. The van der Waals surface area contributed by atoms with Gasteiger partial charge in [0.15, 0.2) is 0 Å². The van der Waals surface area contributed by atoms with E-state index in [9.17, 15) is 4.79 Å². The van der Waals surface area contributed by atoms with Crippen LogP contribution in [0.2, 0.25) is 0 Å². The third-order valence-corrected chi connectivity index (χ3v) is 3.49. The van der Waals surface area contributed by atoms with Crippen molar-refractivity contribution in [2.24, 2.45) is 10.8 Å². The van der Waals surface area contributed by atoms with Crippen LogP contribution >= 0.6 is 0 Å². The van der Waals surface area contributed by atoms with Gasteiger partial charge in [-0.1, -0.05) is 34.6 Å². The van der Waals surface area contributed by atoms with Gasteiger partial charge in [0.05, 0.1) is 21.1 Å². The summed E-state index contributed by atoms with van der Waals surface area (Å²) >= 11 is 0. The molecule has 1 amide bonds. The summed E-state index contributed by atoms with van der Waals surface area (Å²) in [5.74, 6) is 0.0791. The summed E-state index contributed by atoms with van der Waals surface area (Å²) in [5.41, 5.74) is 1.83. The number of benzene rings is 1. The maximum absolute atomic E-state index is 12.5. The Morgan fingerprint density at radius 1 is 1.00 bits per heavy atom. The number of carbonyl (C=O) groups is 1. The molecule has 1 rings (SSSR count). The molecule has 1 aromatic rings. The third-order valence-electron chi connectivity index (χ3n) is 3.49. The highest BCUT2D eigenvalue weighted by molar-refractivity contribution is 5.94. The van der Waals surface area contributed by atoms with Crippen molar-refractivity contribution in [3.63, 3.8) is 0 Å². The van der Waals surface area contributed by atoms with Gasteiger partial charge in [-0.15, -0.1) is 0 Å². The Balaban J connectivity index is 2.79. The lowest BCUT2D eigenvalue weighted by molar-refractivity contribution is -0.125. The Hall–Kier alpha value is -1.35. The molecular weight excluding hydrogens is 260 g/mol. The molecule has 0 fully saturated rings. The number of nitrogens with one attached hydrogen (secondary N) is 1. The van der Waals surface area contributed by atoms with E-state index >= 15 is 0 Å². The molecule has 0 atom stereocenters. The van der Waals surface area contributed by atoms with Crippen molar-refractivity contribution < 1.29 is 4.79 Å². The Morgan fingerprint density at radius 2 is 1.48 bits per heavy atom. The number of anilines is 1. The zero-order valence-electron chi connectivity index (χ0n) is 14.9. The second kappa shape index (κ2) is 5.80. The minimum atomic E-state index is -0.378. The molecule has 1 aromatic carbocycles. The van der Waals surface area contributed by atoms with Crippen molar-refractivity contribution in [3.05, 3.63) is 24.3 Å². The van der Waals surface area contributed by atoms with Crippen LogP contribution in [0, 0.1) is 10.8 Å². The fraction of sp³-hybridized carbons (Fsp3) is 0.611. The molecule has 0 heterocycles. The maximum atomic E-state index is 12.5. The highest BCUT2D eigenvalue weighted by Gasteiger charge is 2.32. The molecule has 21 heavy (non-hydrogen) atoms. The van der Waals surface area contributed by atoms with Gasteiger partial charge in [-0.3, -0.25) is 9.28 Å². The Morgan fingerprint density at radius 3 is 1.86 bits per heavy atom. The molecule has 0 aliphatic heterocycles. The van der Waals surface area contributed by atoms with Crippen molar-refractivity contribution >= 4 is 17.3 Å². The number of rotatable bonds is 4. The second-order valence-electron chi connectivity index (χ2n) is 8.63. The van der Waals surface area contributed by atoms with Crippen LogP contribution in [0.3, 0.4) is 0 Å². The number of hydrogen-bond donors (Lipinski definition) is 1. The SMILES string of the molecule is CC(C)(C)CC(C)(C)C(=O)Nc1ccc([N+](C)(C)C)cc1. The van der Waals surface area contributed by atoms with Crippen molar-refractivity contribution in [3.8, 4) is 0 Å². The Bertz CT molecular complexity index is 487. The summed E-state index contributed by atoms with van der Waals surface area (Å²) in [6, 6.07) is 8.08. The Labute approximate surface area is 129 Å². The quantitative estimate of drug-likeness (QED) is 0.824. The summed E-state index contributed by atoms with van der Waals surface area (Å²) in [5, 5.41) is 3.04. The first kappa shape index (κ1) is 17.7. The lowest BCUT2D eigenvalue weighted by Crippen LogP contribution is -2.35. The van der Waals surface area contributed by atoms with Gasteiger partial charge < -0.3 is 5.32 Å². The van der Waals surface area contributed by atoms with Gasteiger partial charge in [-0.25, -0.2) is 0 Å². The minimum absolute atomic E-state index is 0.0791. The third kappa shape index (κ3) is 5.50. The van der Waals surface area contributed by atoms with E-state index in [1.807, 2.05) is 26.0 Å². The van der Waals surface area contributed by atoms with E-state index < -0.39 is 0 Å². The molecule has 3 nitrogen and oxygen atoms in total. The second-order valence-corrected chi connectivity index (χ2v) is 8.63. The predicted octanol–water partition coefficient (Wildman–Crippen LogP) is 4.28. The van der Waals surface area contributed by atoms with Gasteiger partial charge >= 0.3 is 0 Å². The summed E-state index contributed by atoms with van der Waals surface area (Å²) < 4.78 is 0.768. The number of hydrogen-bond acceptors (Lipinski definition) is 1. The topological polar surface area (TPSA) is 29.1 Å². The maximum Gasteiger partial charge on any atom is 0.230 e. The molecule has 0 aliphatic carbocycles. The molecule has 0 unspecified atom stereocenters. The largest absolute Gasteiger partial charge is 0.326 e. The van der Waals surface area contributed by atoms with E-state index in [1.54, 1.807) is 0 Å². The molecule has 0 spiro atoms. The molecular formula is C18H31N2O+. The van der Waals surface area contributed by atoms with Gasteiger partial charge in [0.2, 0.25) is 5.91 Å². The zero-order chi connectivity index (χ0) is 16.5. The fourth-order valence-electron chi connectivity index (χ4n) is 2.70. The van der Waals surface area contributed by atoms with E-state index in [1.165, 1.54) is 5.69 Å². The van der Waals surface area contributed by atoms with E-state index in [2.05, 4.69) is 59.4 Å². The van der Waals surface area contributed by atoms with Crippen LogP contribution in [0.25, 0.3) is 0 Å². The number of quaternary nitrogens is 1. The summed E-state index contributed by atoms with van der Waals surface area (Å²) in [7, 11) is 6.38. The predicted molar refractivity (Wildman–Crippen MR) is 92.5 cm³/mol. The van der Waals surface area contributed by atoms with Crippen LogP contribution in [0.15, 0.2) is 24.3 Å². The van der Waals surface area contributed by atoms with Crippen molar-refractivity contribution in [2.75, 3.05) is 26.5 Å². The van der Waals surface area contributed by atoms with Gasteiger partial charge in [-0.05, 0) is 24.0 Å². The summed E-state index contributed by atoms with van der Waals surface area (Å²) in [6.45, 7) is 10.5. The van der Waals surface area contributed by atoms with Crippen molar-refractivity contribution in [1.82, 2.24) is 4.48 Å². The highest BCUT2D eigenvalue weighted by atomic mass is 16.2. The molecule has 3 heteroatoms. The lowest BCUT2D eigenvalue weighted by atomic mass is 9.75. The molecule has 0 aromatic heterocycles. The van der Waals surface area contributed by atoms with Gasteiger partial charge in [0.1, 0.15) is 5.69 Å². The zero-order valence-corrected chi connectivity index (χ0v) is 14.9. The molecule has 0 aliphatic rings. The molecule has 0 radical (unpaired) electrons. The average Bonchev–Trinajstić information content (AvgIpc) is 2.25. The van der Waals surface area contributed by atoms with E-state index in [0.717, 1.165) is 16.6 Å². The number of amides is 1. The van der Waals surface area contributed by atoms with Gasteiger partial charge in [0, 0.05) is 23.2 Å². The normalized spacial score (nSPS) is 13.1. The monoisotopic (exact) mass is 291 g/mol. The van der Waals surface area contributed by atoms with Crippen molar-refractivity contribution in [1.29, 1.82) is 0 Å². The van der Waals surface area contributed by atoms with Crippen LogP contribution in [-0.4, -0.2) is 27.1 Å². The van der Waals surface area contributed by atoms with Crippen LogP contribution in [0.5, 0.6) is 0 Å². The van der Waals surface area contributed by atoms with Crippen molar-refractivity contribution in [2.45, 2.75) is 41.0 Å². The lowest BCUT2D eigenvalue weighted by Gasteiger charge is -2.31. The first-order valence-electron chi connectivity index (χ1n) is 7.55. The smallest absolute Gasteiger partial charge is 0.230 e. The standard InChI is InChI=1S/C18H30N2O/c1-17(2,3)13-18(4,5)16(21)19-14-9-11-15(12-10-14)20(6,7)8/h9-12H,13H2,1-8H3/p+1. The number of nitrogens with zero attached hydrogens (tertiary/aromatic N) is 1. The van der Waals surface area contributed by atoms with E-state index in [0.29, 0.717) is 0 Å². The van der Waals surface area contributed by atoms with E-state index in [-0.39, 0.29) is 16.7 Å². The van der Waals surface area contributed by atoms with Gasteiger partial charge in [0.25, 0.3) is 0 Å². The summed E-state index contributed by atoms with van der Waals surface area (Å²) in [6.07, 6.45) is 0.850. The molecule has 118 valence electrons. The first-order chi connectivity index (χ1) is 9.31. The summed E-state index contributed by atoms with van der Waals surface area (Å²) in [4.78, 5) is 12.5. The minimum Gasteiger partial charge on any atom is -0.326 e. The van der Waals surface area contributed by atoms with E-state index in [4.69, 9.17) is 0 Å². The fourth-order valence-corrected chi connectivity index (χ4v) is 2.70. The molecule has 0 saturated carbocycles. The average molecular weight is 291 g/mol. The van der Waals surface area contributed by atoms with Gasteiger partial charge in [-0.2, -0.15) is 0 Å². The molecule has 0 bridgehead atoms. The van der Waals surface area contributed by atoms with Crippen LogP contribution in [0.1, 0.15) is 41.0 Å². The molecule has 1 N–H and O–H groups in total.